The van der Waals surface area contributed by atoms with Gasteiger partial charge in [0.05, 0.1) is 12.0 Å². The second-order valence-corrected chi connectivity index (χ2v) is 10.3. The highest BCUT2D eigenvalue weighted by atomic mass is 79.9. The first kappa shape index (κ1) is 23.1. The number of oxazole rings is 1. The topological polar surface area (TPSA) is 81.4 Å². The third-order valence-electron chi connectivity index (χ3n) is 5.13. The van der Waals surface area contributed by atoms with Gasteiger partial charge >= 0.3 is 0 Å². The molecule has 0 saturated heterocycles. The van der Waals surface area contributed by atoms with Gasteiger partial charge in [-0.3, -0.25) is 0 Å². The summed E-state index contributed by atoms with van der Waals surface area (Å²) in [6, 6.07) is 21.8. The van der Waals surface area contributed by atoms with Crippen LogP contribution in [0.15, 0.2) is 91.6 Å². The van der Waals surface area contributed by atoms with Crippen molar-refractivity contribution in [2.24, 2.45) is 0 Å². The van der Waals surface area contributed by atoms with E-state index in [2.05, 4.69) is 26.2 Å². The number of anilines is 1. The van der Waals surface area contributed by atoms with Gasteiger partial charge in [-0.25, -0.2) is 8.42 Å². The summed E-state index contributed by atoms with van der Waals surface area (Å²) in [6.07, 6.45) is 0.669. The zero-order valence-corrected chi connectivity index (χ0v) is 20.6. The highest BCUT2D eigenvalue weighted by molar-refractivity contribution is 9.10. The maximum absolute atomic E-state index is 13.4. The Morgan fingerprint density at radius 1 is 0.970 bits per heavy atom. The van der Waals surface area contributed by atoms with Crippen LogP contribution in [-0.2, 0) is 16.3 Å². The van der Waals surface area contributed by atoms with Crippen LogP contribution >= 0.6 is 15.9 Å². The van der Waals surface area contributed by atoms with Crippen molar-refractivity contribution < 1.29 is 17.6 Å². The molecule has 0 radical (unpaired) electrons. The molecule has 1 heterocycles. The molecule has 0 fully saturated rings. The molecule has 0 bridgehead atoms. The van der Waals surface area contributed by atoms with Gasteiger partial charge in [-0.05, 0) is 67.4 Å². The molecule has 0 unspecified atom stereocenters. The summed E-state index contributed by atoms with van der Waals surface area (Å²) in [7, 11) is -2.27. The normalized spacial score (nSPS) is 11.4. The molecule has 33 heavy (non-hydrogen) atoms. The van der Waals surface area contributed by atoms with E-state index in [0.717, 1.165) is 21.3 Å². The molecule has 0 aliphatic carbocycles. The summed E-state index contributed by atoms with van der Waals surface area (Å²) < 4.78 is 38.7. The Balaban J connectivity index is 1.64. The fourth-order valence-electron chi connectivity index (χ4n) is 3.26. The lowest BCUT2D eigenvalue weighted by Crippen LogP contribution is -2.09. The fourth-order valence-corrected chi connectivity index (χ4v) is 4.80. The zero-order chi connectivity index (χ0) is 23.4. The number of hydrogen-bond donors (Lipinski definition) is 1. The number of aromatic nitrogens is 1. The molecule has 1 N–H and O–H groups in total. The van der Waals surface area contributed by atoms with E-state index >= 15 is 0 Å². The number of aryl methyl sites for hydroxylation is 1. The SMILES string of the molecule is COc1ccc(CCNc2oc(-c3ccc(C)cc3)nc2S(=O)(=O)c2ccc(Br)cc2)cc1. The summed E-state index contributed by atoms with van der Waals surface area (Å²) in [5.74, 6) is 1.16. The molecule has 4 rings (SSSR count). The zero-order valence-electron chi connectivity index (χ0n) is 18.2. The summed E-state index contributed by atoms with van der Waals surface area (Å²) in [4.78, 5) is 4.53. The second kappa shape index (κ2) is 9.80. The lowest BCUT2D eigenvalue weighted by Gasteiger charge is -2.07. The fraction of sp³-hybridized carbons (Fsp3) is 0.160. The minimum atomic E-state index is -3.89. The quantitative estimate of drug-likeness (QED) is 0.307. The molecule has 3 aromatic carbocycles. The van der Waals surface area contributed by atoms with Crippen molar-refractivity contribution in [3.8, 4) is 17.2 Å². The molecule has 8 heteroatoms. The van der Waals surface area contributed by atoms with E-state index in [1.807, 2.05) is 55.5 Å². The lowest BCUT2D eigenvalue weighted by atomic mass is 10.1. The third kappa shape index (κ3) is 5.29. The third-order valence-corrected chi connectivity index (χ3v) is 7.34. The summed E-state index contributed by atoms with van der Waals surface area (Å²) in [5, 5.41) is 3.00. The first-order chi connectivity index (χ1) is 15.9. The minimum Gasteiger partial charge on any atom is -0.497 e. The summed E-state index contributed by atoms with van der Waals surface area (Å²) in [6.45, 7) is 2.45. The first-order valence-corrected chi connectivity index (χ1v) is 12.6. The molecule has 0 aliphatic rings. The van der Waals surface area contributed by atoms with Gasteiger partial charge < -0.3 is 14.5 Å². The maximum atomic E-state index is 13.4. The monoisotopic (exact) mass is 526 g/mol. The van der Waals surface area contributed by atoms with E-state index < -0.39 is 9.84 Å². The molecule has 1 aromatic heterocycles. The number of hydrogen-bond acceptors (Lipinski definition) is 6. The molecule has 170 valence electrons. The van der Waals surface area contributed by atoms with E-state index in [1.165, 1.54) is 0 Å². The van der Waals surface area contributed by atoms with E-state index in [-0.39, 0.29) is 21.7 Å². The van der Waals surface area contributed by atoms with Crippen molar-refractivity contribution in [3.63, 3.8) is 0 Å². The van der Waals surface area contributed by atoms with Crippen molar-refractivity contribution >= 4 is 31.7 Å². The van der Waals surface area contributed by atoms with Crippen molar-refractivity contribution in [1.29, 1.82) is 0 Å². The van der Waals surface area contributed by atoms with Gasteiger partial charge in [-0.15, -0.1) is 0 Å². The van der Waals surface area contributed by atoms with Crippen molar-refractivity contribution in [2.75, 3.05) is 19.0 Å². The van der Waals surface area contributed by atoms with E-state index in [0.29, 0.717) is 18.5 Å². The number of methoxy groups -OCH3 is 1. The molecule has 0 amide bonds. The highest BCUT2D eigenvalue weighted by Crippen LogP contribution is 2.33. The van der Waals surface area contributed by atoms with Crippen molar-refractivity contribution in [2.45, 2.75) is 23.3 Å². The van der Waals surface area contributed by atoms with Crippen LogP contribution in [0.4, 0.5) is 5.88 Å². The van der Waals surface area contributed by atoms with Crippen LogP contribution in [0.1, 0.15) is 11.1 Å². The standard InChI is InChI=1S/C25H23BrN2O4S/c1-17-3-7-19(8-4-17)23-28-25(33(29,30)22-13-9-20(26)10-14-22)24(32-23)27-16-15-18-5-11-21(31-2)12-6-18/h3-14,27H,15-16H2,1-2H3. The number of nitrogens with one attached hydrogen (secondary N) is 1. The molecule has 6 nitrogen and oxygen atoms in total. The molecule has 0 saturated carbocycles. The number of ether oxygens (including phenoxy) is 1. The van der Waals surface area contributed by atoms with E-state index in [9.17, 15) is 8.42 Å². The van der Waals surface area contributed by atoms with Gasteiger partial charge in [0.1, 0.15) is 5.75 Å². The maximum Gasteiger partial charge on any atom is 0.233 e. The highest BCUT2D eigenvalue weighted by Gasteiger charge is 2.28. The average molecular weight is 527 g/mol. The van der Waals surface area contributed by atoms with Gasteiger partial charge in [0.25, 0.3) is 0 Å². The average Bonchev–Trinajstić information content (AvgIpc) is 3.25. The number of rotatable bonds is 8. The smallest absolute Gasteiger partial charge is 0.233 e. The van der Waals surface area contributed by atoms with Gasteiger partial charge in [-0.2, -0.15) is 4.98 Å². The summed E-state index contributed by atoms with van der Waals surface area (Å²) >= 11 is 3.34. The summed E-state index contributed by atoms with van der Waals surface area (Å²) in [5.41, 5.74) is 2.88. The van der Waals surface area contributed by atoms with Crippen LogP contribution in [0.25, 0.3) is 11.5 Å². The van der Waals surface area contributed by atoms with Gasteiger partial charge in [0, 0.05) is 16.6 Å². The number of halogens is 1. The van der Waals surface area contributed by atoms with Crippen LogP contribution < -0.4 is 10.1 Å². The Hall–Kier alpha value is -3.10. The molecular weight excluding hydrogens is 504 g/mol. The Bertz CT molecular complexity index is 1330. The van der Waals surface area contributed by atoms with Crippen LogP contribution in [0.5, 0.6) is 5.75 Å². The predicted molar refractivity (Wildman–Crippen MR) is 131 cm³/mol. The lowest BCUT2D eigenvalue weighted by molar-refractivity contribution is 0.414. The number of benzene rings is 3. The minimum absolute atomic E-state index is 0.127. The second-order valence-electron chi connectivity index (χ2n) is 7.50. The van der Waals surface area contributed by atoms with Gasteiger partial charge in [0.15, 0.2) is 0 Å². The molecular formula is C25H23BrN2O4S. The molecule has 4 aromatic rings. The van der Waals surface area contributed by atoms with Gasteiger partial charge in [0.2, 0.25) is 26.6 Å². The van der Waals surface area contributed by atoms with E-state index in [1.54, 1.807) is 31.4 Å². The first-order valence-electron chi connectivity index (χ1n) is 10.3. The van der Waals surface area contributed by atoms with Crippen LogP contribution in [0, 0.1) is 6.92 Å². The molecule has 0 atom stereocenters. The molecule has 0 aliphatic heterocycles. The number of sulfone groups is 1. The Kier molecular flexibility index (Phi) is 6.85. The Morgan fingerprint density at radius 2 is 1.64 bits per heavy atom. The van der Waals surface area contributed by atoms with E-state index in [4.69, 9.17) is 9.15 Å². The van der Waals surface area contributed by atoms with Crippen LogP contribution in [-0.4, -0.2) is 27.1 Å². The Labute approximate surface area is 201 Å². The predicted octanol–water partition coefficient (Wildman–Crippen LogP) is 5.91. The largest absolute Gasteiger partial charge is 0.497 e. The number of nitrogens with zero attached hydrogens (tertiary/aromatic N) is 1. The molecule has 0 spiro atoms. The van der Waals surface area contributed by atoms with Crippen LogP contribution in [0.3, 0.4) is 0 Å². The van der Waals surface area contributed by atoms with Gasteiger partial charge in [-0.1, -0.05) is 45.8 Å². The Morgan fingerprint density at radius 3 is 2.27 bits per heavy atom. The van der Waals surface area contributed by atoms with Crippen LogP contribution in [0.2, 0.25) is 0 Å². The van der Waals surface area contributed by atoms with Crippen molar-refractivity contribution in [1.82, 2.24) is 4.98 Å². The van der Waals surface area contributed by atoms with Crippen molar-refractivity contribution in [3.05, 3.63) is 88.4 Å².